The minimum Gasteiger partial charge on any atom is -0.481 e. The molecule has 0 saturated carbocycles. The van der Waals surface area contributed by atoms with Crippen LogP contribution in [0.15, 0.2) is 54.6 Å². The maximum atomic E-state index is 12.6. The van der Waals surface area contributed by atoms with Crippen molar-refractivity contribution >= 4 is 29.0 Å². The van der Waals surface area contributed by atoms with Gasteiger partial charge in [-0.3, -0.25) is 14.4 Å². The minimum atomic E-state index is -0.967. The summed E-state index contributed by atoms with van der Waals surface area (Å²) in [4.78, 5) is 39.5. The van der Waals surface area contributed by atoms with E-state index in [9.17, 15) is 14.4 Å². The highest BCUT2D eigenvalue weighted by molar-refractivity contribution is 5.93. The predicted octanol–water partition coefficient (Wildman–Crippen LogP) is 3.81. The van der Waals surface area contributed by atoms with Crippen molar-refractivity contribution in [2.24, 2.45) is 0 Å². The number of hydrogen-bond acceptors (Lipinski definition) is 4. The quantitative estimate of drug-likeness (QED) is 0.773. The van der Waals surface area contributed by atoms with Crippen LogP contribution in [0.25, 0.3) is 0 Å². The maximum Gasteiger partial charge on any atom is 0.303 e. The van der Waals surface area contributed by atoms with Crippen LogP contribution in [0.1, 0.15) is 44.7 Å². The van der Waals surface area contributed by atoms with Gasteiger partial charge >= 0.3 is 5.97 Å². The molecule has 0 fully saturated rings. The molecule has 1 heterocycles. The average Bonchev–Trinajstić information content (AvgIpc) is 2.70. The second-order valence-corrected chi connectivity index (χ2v) is 7.44. The van der Waals surface area contributed by atoms with Crippen LogP contribution in [0.4, 0.5) is 11.4 Å². The fraction of sp³-hybridized carbons (Fsp3) is 0.348. The molecule has 2 aromatic carbocycles. The molecule has 1 aliphatic heterocycles. The SMILES string of the molecule is CC(=O)N(c1ccccc1)C1CC(C)N(CC(=O)CCC(=O)O)c2ccccc21. The number of nitrogens with zero attached hydrogens (tertiary/aromatic N) is 2. The maximum absolute atomic E-state index is 12.6. The van der Waals surface area contributed by atoms with Crippen molar-refractivity contribution in [3.63, 3.8) is 0 Å². The lowest BCUT2D eigenvalue weighted by Crippen LogP contribution is -2.46. The smallest absolute Gasteiger partial charge is 0.303 e. The van der Waals surface area contributed by atoms with Crippen molar-refractivity contribution in [1.29, 1.82) is 0 Å². The third-order valence-electron chi connectivity index (χ3n) is 5.35. The number of benzene rings is 2. The summed E-state index contributed by atoms with van der Waals surface area (Å²) < 4.78 is 0. The Bertz CT molecular complexity index is 897. The fourth-order valence-electron chi connectivity index (χ4n) is 4.02. The van der Waals surface area contributed by atoms with Gasteiger partial charge in [0, 0.05) is 30.8 Å². The molecule has 3 rings (SSSR count). The summed E-state index contributed by atoms with van der Waals surface area (Å²) in [5.74, 6) is -1.10. The molecule has 0 bridgehead atoms. The number of rotatable bonds is 7. The fourth-order valence-corrected chi connectivity index (χ4v) is 4.02. The highest BCUT2D eigenvalue weighted by Gasteiger charge is 2.35. The Morgan fingerprint density at radius 1 is 1.03 bits per heavy atom. The van der Waals surface area contributed by atoms with Crippen molar-refractivity contribution < 1.29 is 19.5 Å². The molecule has 152 valence electrons. The highest BCUT2D eigenvalue weighted by Crippen LogP contribution is 2.42. The van der Waals surface area contributed by atoms with Crippen LogP contribution in [0, 0.1) is 0 Å². The van der Waals surface area contributed by atoms with E-state index in [1.165, 1.54) is 0 Å². The second-order valence-electron chi connectivity index (χ2n) is 7.44. The summed E-state index contributed by atoms with van der Waals surface area (Å²) >= 11 is 0. The van der Waals surface area contributed by atoms with Gasteiger partial charge in [-0.25, -0.2) is 0 Å². The molecule has 1 aliphatic rings. The van der Waals surface area contributed by atoms with E-state index in [0.29, 0.717) is 6.42 Å². The van der Waals surface area contributed by atoms with Gasteiger partial charge in [0.15, 0.2) is 5.78 Å². The molecule has 0 aromatic heterocycles. The van der Waals surface area contributed by atoms with Crippen molar-refractivity contribution in [3.05, 3.63) is 60.2 Å². The summed E-state index contributed by atoms with van der Waals surface area (Å²) in [7, 11) is 0. The first kappa shape index (κ1) is 20.6. The van der Waals surface area contributed by atoms with E-state index in [0.717, 1.165) is 16.9 Å². The summed E-state index contributed by atoms with van der Waals surface area (Å²) in [6.45, 7) is 3.78. The molecule has 2 unspecified atom stereocenters. The van der Waals surface area contributed by atoms with Gasteiger partial charge in [-0.05, 0) is 37.1 Å². The molecule has 29 heavy (non-hydrogen) atoms. The van der Waals surface area contributed by atoms with Crippen LogP contribution in [-0.2, 0) is 14.4 Å². The number of carboxylic acid groups (broad SMARTS) is 1. The third-order valence-corrected chi connectivity index (χ3v) is 5.35. The van der Waals surface area contributed by atoms with Crippen LogP contribution >= 0.6 is 0 Å². The molecule has 0 saturated heterocycles. The van der Waals surface area contributed by atoms with Crippen LogP contribution in [-0.4, -0.2) is 35.4 Å². The van der Waals surface area contributed by atoms with Crippen molar-refractivity contribution in [2.75, 3.05) is 16.3 Å². The van der Waals surface area contributed by atoms with E-state index in [1.807, 2.05) is 71.3 Å². The molecule has 0 spiro atoms. The van der Waals surface area contributed by atoms with Crippen molar-refractivity contribution in [3.8, 4) is 0 Å². The van der Waals surface area contributed by atoms with Crippen LogP contribution in [0.5, 0.6) is 0 Å². The zero-order valence-electron chi connectivity index (χ0n) is 16.7. The average molecular weight is 394 g/mol. The Morgan fingerprint density at radius 3 is 2.34 bits per heavy atom. The van der Waals surface area contributed by atoms with E-state index in [4.69, 9.17) is 5.11 Å². The second kappa shape index (κ2) is 8.90. The van der Waals surface area contributed by atoms with Gasteiger partial charge in [-0.2, -0.15) is 0 Å². The van der Waals surface area contributed by atoms with Gasteiger partial charge in [-0.15, -0.1) is 0 Å². The topological polar surface area (TPSA) is 77.9 Å². The number of fused-ring (bicyclic) bond motifs is 1. The number of anilines is 2. The molecule has 2 atom stereocenters. The number of Topliss-reactive ketones (excluding diaryl/α,β-unsaturated/α-hetero) is 1. The minimum absolute atomic E-state index is 0.0216. The zero-order valence-corrected chi connectivity index (χ0v) is 16.7. The van der Waals surface area contributed by atoms with Gasteiger partial charge in [0.2, 0.25) is 5.91 Å². The Kier molecular flexibility index (Phi) is 6.32. The van der Waals surface area contributed by atoms with Crippen LogP contribution in [0.3, 0.4) is 0 Å². The third kappa shape index (κ3) is 4.65. The normalized spacial score (nSPS) is 18.1. The number of para-hydroxylation sites is 2. The lowest BCUT2D eigenvalue weighted by atomic mass is 9.89. The van der Waals surface area contributed by atoms with E-state index < -0.39 is 5.97 Å². The largest absolute Gasteiger partial charge is 0.481 e. The Balaban J connectivity index is 1.93. The Morgan fingerprint density at radius 2 is 1.69 bits per heavy atom. The molecule has 1 amide bonds. The number of hydrogen-bond donors (Lipinski definition) is 1. The number of aliphatic carboxylic acids is 1. The Hall–Kier alpha value is -3.15. The molecule has 1 N–H and O–H groups in total. The van der Waals surface area contributed by atoms with Crippen LogP contribution < -0.4 is 9.80 Å². The number of ketones is 1. The number of carbonyl (C=O) groups excluding carboxylic acids is 2. The van der Waals surface area contributed by atoms with E-state index in [-0.39, 0.29) is 43.2 Å². The van der Waals surface area contributed by atoms with Crippen molar-refractivity contribution in [1.82, 2.24) is 0 Å². The summed E-state index contributed by atoms with van der Waals surface area (Å²) in [5, 5.41) is 8.83. The first-order valence-corrected chi connectivity index (χ1v) is 9.82. The number of carboxylic acids is 1. The van der Waals surface area contributed by atoms with Crippen LogP contribution in [0.2, 0.25) is 0 Å². The molecule has 6 nitrogen and oxygen atoms in total. The van der Waals surface area contributed by atoms with Gasteiger partial charge in [0.1, 0.15) is 0 Å². The number of amides is 1. The zero-order chi connectivity index (χ0) is 21.0. The Labute approximate surface area is 170 Å². The van der Waals surface area contributed by atoms with Gasteiger partial charge in [-0.1, -0.05) is 36.4 Å². The molecule has 0 aliphatic carbocycles. The molecular formula is C23H26N2O4. The molecular weight excluding hydrogens is 368 g/mol. The summed E-state index contributed by atoms with van der Waals surface area (Å²) in [6, 6.07) is 17.3. The van der Waals surface area contributed by atoms with E-state index in [1.54, 1.807) is 6.92 Å². The summed E-state index contributed by atoms with van der Waals surface area (Å²) in [5.41, 5.74) is 2.76. The van der Waals surface area contributed by atoms with Gasteiger partial charge in [0.25, 0.3) is 0 Å². The standard InChI is InChI=1S/C23H26N2O4/c1-16-14-22(25(17(2)26)18-8-4-3-5-9-18)20-10-6-7-11-21(20)24(16)15-19(27)12-13-23(28)29/h3-11,16,22H,12-15H2,1-2H3,(H,28,29). The lowest BCUT2D eigenvalue weighted by molar-refractivity contribution is -0.138. The number of carbonyl (C=O) groups is 3. The van der Waals surface area contributed by atoms with E-state index >= 15 is 0 Å². The first-order chi connectivity index (χ1) is 13.9. The highest BCUT2D eigenvalue weighted by atomic mass is 16.4. The molecule has 6 heteroatoms. The van der Waals surface area contributed by atoms with Crippen molar-refractivity contribution in [2.45, 2.75) is 45.2 Å². The lowest BCUT2D eigenvalue weighted by Gasteiger charge is -2.44. The van der Waals surface area contributed by atoms with Gasteiger partial charge in [0.05, 0.1) is 19.0 Å². The van der Waals surface area contributed by atoms with E-state index in [2.05, 4.69) is 0 Å². The predicted molar refractivity (Wildman–Crippen MR) is 112 cm³/mol. The van der Waals surface area contributed by atoms with Gasteiger partial charge < -0.3 is 14.9 Å². The molecule has 0 radical (unpaired) electrons. The molecule has 2 aromatic rings. The summed E-state index contributed by atoms with van der Waals surface area (Å²) in [6.07, 6.45) is 0.545. The monoisotopic (exact) mass is 394 g/mol. The first-order valence-electron chi connectivity index (χ1n) is 9.82.